The van der Waals surface area contributed by atoms with Gasteiger partial charge in [0, 0.05) is 10.8 Å². The summed E-state index contributed by atoms with van der Waals surface area (Å²) in [5.41, 5.74) is 1.54. The summed E-state index contributed by atoms with van der Waals surface area (Å²) >= 11 is 7.92. The first-order valence-corrected chi connectivity index (χ1v) is 9.46. The highest BCUT2D eigenvalue weighted by Gasteiger charge is 2.12. The Kier molecular flexibility index (Phi) is 4.31. The van der Waals surface area contributed by atoms with Gasteiger partial charge in [-0.25, -0.2) is 4.98 Å². The number of amides is 1. The molecule has 0 aliphatic heterocycles. The Labute approximate surface area is 156 Å². The lowest BCUT2D eigenvalue weighted by molar-refractivity contribution is 0.0981. The maximum Gasteiger partial charge on any atom is 0.267 e. The van der Waals surface area contributed by atoms with Crippen LogP contribution in [0.5, 0.6) is 0 Å². The predicted molar refractivity (Wildman–Crippen MR) is 105 cm³/mol. The van der Waals surface area contributed by atoms with E-state index >= 15 is 0 Å². The molecular weight excluding hydrogens is 374 g/mol. The number of carbonyl (C=O) groups excluding carboxylic acids is 1. The molecule has 0 saturated carbocycles. The van der Waals surface area contributed by atoms with Crippen LogP contribution in [0.4, 0.5) is 5.13 Å². The number of carbonyl (C=O) groups is 1. The van der Waals surface area contributed by atoms with Crippen LogP contribution >= 0.6 is 34.9 Å². The average Bonchev–Trinajstić information content (AvgIpc) is 3.34. The number of hydrogen-bond donors (Lipinski definition) is 2. The molecule has 3 aromatic heterocycles. The summed E-state index contributed by atoms with van der Waals surface area (Å²) in [4.78, 5) is 17.0. The zero-order valence-corrected chi connectivity index (χ0v) is 15.1. The van der Waals surface area contributed by atoms with Gasteiger partial charge in [-0.1, -0.05) is 24.3 Å². The number of benzene rings is 1. The van der Waals surface area contributed by atoms with Crippen LogP contribution in [0, 0.1) is 0 Å². The van der Waals surface area contributed by atoms with Gasteiger partial charge in [-0.3, -0.25) is 10.1 Å². The fraction of sp³-hybridized carbons (Fsp3) is 0. The van der Waals surface area contributed by atoms with Crippen LogP contribution < -0.4 is 10.6 Å². The number of nitrogens with one attached hydrogen (secondary N) is 2. The van der Waals surface area contributed by atoms with Crippen molar-refractivity contribution in [1.82, 2.24) is 10.3 Å². The summed E-state index contributed by atoms with van der Waals surface area (Å²) < 4.78 is 5.80. The van der Waals surface area contributed by atoms with Gasteiger partial charge in [-0.2, -0.15) is 0 Å². The highest BCUT2D eigenvalue weighted by atomic mass is 32.1. The molecule has 0 radical (unpaired) electrons. The number of para-hydroxylation sites is 1. The van der Waals surface area contributed by atoms with E-state index < -0.39 is 0 Å². The van der Waals surface area contributed by atoms with Gasteiger partial charge in [0.1, 0.15) is 11.3 Å². The van der Waals surface area contributed by atoms with E-state index in [-0.39, 0.29) is 11.0 Å². The van der Waals surface area contributed by atoms with Gasteiger partial charge >= 0.3 is 0 Å². The van der Waals surface area contributed by atoms with Crippen molar-refractivity contribution < 1.29 is 9.21 Å². The second-order valence-electron chi connectivity index (χ2n) is 5.07. The van der Waals surface area contributed by atoms with E-state index in [1.165, 1.54) is 22.7 Å². The van der Waals surface area contributed by atoms with Crippen molar-refractivity contribution in [2.24, 2.45) is 0 Å². The normalized spacial score (nSPS) is 10.7. The summed E-state index contributed by atoms with van der Waals surface area (Å²) in [5.74, 6) is 0.459. The van der Waals surface area contributed by atoms with Crippen molar-refractivity contribution in [2.75, 3.05) is 5.32 Å². The van der Waals surface area contributed by atoms with Gasteiger partial charge in [0.15, 0.2) is 16.0 Å². The highest BCUT2D eigenvalue weighted by Crippen LogP contribution is 2.30. The Balaban J connectivity index is 1.46. The predicted octanol–water partition coefficient (Wildman–Crippen LogP) is 4.74. The molecule has 5 nitrogen and oxygen atoms in total. The van der Waals surface area contributed by atoms with Crippen LogP contribution in [0.25, 0.3) is 22.4 Å². The van der Waals surface area contributed by atoms with Crippen molar-refractivity contribution in [3.8, 4) is 11.5 Å². The second-order valence-corrected chi connectivity index (χ2v) is 7.29. The van der Waals surface area contributed by atoms with Crippen LogP contribution in [0.2, 0.25) is 0 Å². The van der Waals surface area contributed by atoms with Crippen molar-refractivity contribution in [3.63, 3.8) is 0 Å². The molecule has 0 unspecified atom stereocenters. The molecule has 0 saturated heterocycles. The van der Waals surface area contributed by atoms with E-state index in [0.717, 1.165) is 16.7 Å². The van der Waals surface area contributed by atoms with Crippen molar-refractivity contribution in [2.45, 2.75) is 0 Å². The van der Waals surface area contributed by atoms with E-state index in [4.69, 9.17) is 16.6 Å². The number of rotatable bonds is 3. The maximum absolute atomic E-state index is 12.0. The Bertz CT molecular complexity index is 1020. The monoisotopic (exact) mass is 385 g/mol. The third-order valence-corrected chi connectivity index (χ3v) is 5.21. The van der Waals surface area contributed by atoms with E-state index in [9.17, 15) is 4.79 Å². The molecule has 124 valence electrons. The van der Waals surface area contributed by atoms with Crippen molar-refractivity contribution in [1.29, 1.82) is 0 Å². The van der Waals surface area contributed by atoms with E-state index in [2.05, 4.69) is 15.6 Å². The molecule has 0 aliphatic rings. The molecule has 0 fully saturated rings. The van der Waals surface area contributed by atoms with Crippen LogP contribution in [-0.2, 0) is 0 Å². The van der Waals surface area contributed by atoms with Crippen LogP contribution in [-0.4, -0.2) is 16.0 Å². The third-order valence-electron chi connectivity index (χ3n) is 3.37. The number of thiocarbonyl (C=S) groups is 1. The lowest BCUT2D eigenvalue weighted by atomic mass is 10.2. The first-order valence-electron chi connectivity index (χ1n) is 7.29. The lowest BCUT2D eigenvalue weighted by Gasteiger charge is -2.05. The number of thiophene rings is 1. The summed E-state index contributed by atoms with van der Waals surface area (Å²) in [7, 11) is 0. The minimum Gasteiger partial charge on any atom is -0.454 e. The molecule has 1 aromatic carbocycles. The number of fused-ring (bicyclic) bond motifs is 1. The first-order chi connectivity index (χ1) is 12.2. The number of thiazole rings is 1. The molecular formula is C17H11N3O2S3. The molecule has 1 amide bonds. The third kappa shape index (κ3) is 3.46. The van der Waals surface area contributed by atoms with Gasteiger partial charge in [0.25, 0.3) is 5.91 Å². The minimum absolute atomic E-state index is 0.212. The standard InChI is InChI=1S/C17H11N3O2S3/c21-15(14-6-3-7-24-14)19-16(23)20-17-18-11(9-25-17)13-8-10-4-1-2-5-12(10)22-13/h1-9H,(H2,18,19,20,21,23). The van der Waals surface area contributed by atoms with E-state index in [1.54, 1.807) is 6.07 Å². The summed E-state index contributed by atoms with van der Waals surface area (Å²) in [6.45, 7) is 0. The molecule has 4 rings (SSSR count). The van der Waals surface area contributed by atoms with E-state index in [0.29, 0.717) is 15.8 Å². The number of nitrogens with zero attached hydrogens (tertiary/aromatic N) is 1. The molecule has 4 aromatic rings. The largest absolute Gasteiger partial charge is 0.454 e. The summed E-state index contributed by atoms with van der Waals surface area (Å²) in [6, 6.07) is 13.3. The highest BCUT2D eigenvalue weighted by molar-refractivity contribution is 7.80. The molecule has 3 heterocycles. The first kappa shape index (κ1) is 15.9. The number of aromatic nitrogens is 1. The Morgan fingerprint density at radius 2 is 2.04 bits per heavy atom. The molecule has 0 aliphatic carbocycles. The minimum atomic E-state index is -0.235. The zero-order valence-electron chi connectivity index (χ0n) is 12.7. The number of furan rings is 1. The number of anilines is 1. The fourth-order valence-electron chi connectivity index (χ4n) is 2.25. The fourth-order valence-corrected chi connectivity index (χ4v) is 3.83. The van der Waals surface area contributed by atoms with Gasteiger partial charge in [-0.05, 0) is 35.8 Å². The lowest BCUT2D eigenvalue weighted by Crippen LogP contribution is -2.33. The van der Waals surface area contributed by atoms with Gasteiger partial charge < -0.3 is 9.73 Å². The van der Waals surface area contributed by atoms with Crippen LogP contribution in [0.3, 0.4) is 0 Å². The smallest absolute Gasteiger partial charge is 0.267 e. The van der Waals surface area contributed by atoms with E-state index in [1.807, 2.05) is 47.2 Å². The topological polar surface area (TPSA) is 67.2 Å². The van der Waals surface area contributed by atoms with Gasteiger partial charge in [-0.15, -0.1) is 22.7 Å². The van der Waals surface area contributed by atoms with Crippen molar-refractivity contribution >= 4 is 62.0 Å². The Hall–Kier alpha value is -2.55. The molecule has 0 atom stereocenters. The molecule has 0 spiro atoms. The zero-order chi connectivity index (χ0) is 17.2. The number of hydrogen-bond acceptors (Lipinski definition) is 6. The Morgan fingerprint density at radius 1 is 1.16 bits per heavy atom. The average molecular weight is 385 g/mol. The van der Waals surface area contributed by atoms with Crippen molar-refractivity contribution in [3.05, 3.63) is 58.1 Å². The quantitative estimate of drug-likeness (QED) is 0.499. The molecule has 2 N–H and O–H groups in total. The molecule has 8 heteroatoms. The molecule has 25 heavy (non-hydrogen) atoms. The van der Waals surface area contributed by atoms with Gasteiger partial charge in [0.2, 0.25) is 0 Å². The Morgan fingerprint density at radius 3 is 2.84 bits per heavy atom. The maximum atomic E-state index is 12.0. The summed E-state index contributed by atoms with van der Waals surface area (Å²) in [5, 5.41) is 11.1. The van der Waals surface area contributed by atoms with Gasteiger partial charge in [0.05, 0.1) is 4.88 Å². The second kappa shape index (κ2) is 6.75. The molecule has 0 bridgehead atoms. The van der Waals surface area contributed by atoms with Crippen LogP contribution in [0.1, 0.15) is 9.67 Å². The summed E-state index contributed by atoms with van der Waals surface area (Å²) in [6.07, 6.45) is 0. The SMILES string of the molecule is O=C(NC(=S)Nc1nc(-c2cc3ccccc3o2)cs1)c1cccs1. The van der Waals surface area contributed by atoms with Crippen LogP contribution in [0.15, 0.2) is 57.6 Å².